The molecule has 0 bridgehead atoms. The Kier molecular flexibility index (Phi) is 59.7. The van der Waals surface area contributed by atoms with Crippen LogP contribution < -0.4 is 0 Å². The fourth-order valence-electron chi connectivity index (χ4n) is 9.17. The average Bonchev–Trinajstić information content (AvgIpc) is 3.40. The van der Waals surface area contributed by atoms with Crippen molar-refractivity contribution in [1.29, 1.82) is 0 Å². The number of carbonyl (C=O) groups is 3. The van der Waals surface area contributed by atoms with Crippen LogP contribution >= 0.6 is 0 Å². The van der Waals surface area contributed by atoms with Crippen molar-refractivity contribution in [3.63, 3.8) is 0 Å². The lowest BCUT2D eigenvalue weighted by Crippen LogP contribution is -2.30. The van der Waals surface area contributed by atoms with Gasteiger partial charge in [0.25, 0.3) is 0 Å². The van der Waals surface area contributed by atoms with E-state index < -0.39 is 6.10 Å². The van der Waals surface area contributed by atoms with Gasteiger partial charge in [-0.1, -0.05) is 286 Å². The van der Waals surface area contributed by atoms with Crippen molar-refractivity contribution in [3.05, 3.63) is 72.9 Å². The fraction of sp³-hybridized carbons (Fsp3) is 0.779. The summed E-state index contributed by atoms with van der Waals surface area (Å²) in [5, 5.41) is 0. The molecule has 428 valence electrons. The lowest BCUT2D eigenvalue weighted by molar-refractivity contribution is -0.167. The number of allylic oxidation sites excluding steroid dienone is 12. The van der Waals surface area contributed by atoms with Crippen LogP contribution in [0.5, 0.6) is 0 Å². The van der Waals surface area contributed by atoms with Gasteiger partial charge in [-0.15, -0.1) is 0 Å². The molecule has 0 N–H and O–H groups in total. The van der Waals surface area contributed by atoms with Crippen LogP contribution in [0.4, 0.5) is 0 Å². The van der Waals surface area contributed by atoms with Crippen LogP contribution in [0.2, 0.25) is 0 Å². The summed E-state index contributed by atoms with van der Waals surface area (Å²) in [6.07, 6.45) is 81.0. The SMILES string of the molecule is CC/C=C\C/C=C\C/C=C\C/C=C\CCCCCCCCCCCCCCCCCCCCCCC(=O)OCC(COC(=O)CCCCCCCC)OC(=O)CCCCCCCCC/C=C\C/C=C\CCCCC. The summed E-state index contributed by atoms with van der Waals surface area (Å²) in [4.78, 5) is 37.9. The first-order chi connectivity index (χ1) is 36.5. The molecule has 1 unspecified atom stereocenters. The van der Waals surface area contributed by atoms with Crippen LogP contribution in [0.3, 0.4) is 0 Å². The van der Waals surface area contributed by atoms with Gasteiger partial charge in [-0.05, 0) is 89.9 Å². The van der Waals surface area contributed by atoms with Gasteiger partial charge in [-0.25, -0.2) is 0 Å². The van der Waals surface area contributed by atoms with Gasteiger partial charge in [0.15, 0.2) is 6.10 Å². The quantitative estimate of drug-likeness (QED) is 0.0261. The van der Waals surface area contributed by atoms with Gasteiger partial charge in [-0.2, -0.15) is 0 Å². The lowest BCUT2D eigenvalue weighted by Gasteiger charge is -2.18. The zero-order valence-electron chi connectivity index (χ0n) is 49.1. The minimum atomic E-state index is -0.774. The summed E-state index contributed by atoms with van der Waals surface area (Å²) in [6.45, 7) is 6.47. The molecule has 0 aromatic heterocycles. The Bertz CT molecular complexity index is 1370. The maximum atomic E-state index is 12.8. The van der Waals surface area contributed by atoms with Crippen molar-refractivity contribution >= 4 is 17.9 Å². The smallest absolute Gasteiger partial charge is 0.306 e. The fourth-order valence-corrected chi connectivity index (χ4v) is 9.17. The monoisotopic (exact) mass is 1030 g/mol. The molecule has 0 saturated carbocycles. The topological polar surface area (TPSA) is 78.9 Å². The molecule has 0 fully saturated rings. The van der Waals surface area contributed by atoms with E-state index in [1.54, 1.807) is 0 Å². The second kappa shape index (κ2) is 62.4. The molecule has 6 heteroatoms. The second-order valence-electron chi connectivity index (χ2n) is 21.3. The van der Waals surface area contributed by atoms with E-state index in [0.29, 0.717) is 19.3 Å². The van der Waals surface area contributed by atoms with Crippen molar-refractivity contribution in [3.8, 4) is 0 Å². The molecule has 0 aromatic rings. The van der Waals surface area contributed by atoms with E-state index in [1.165, 1.54) is 186 Å². The Balaban J connectivity index is 3.96. The molecule has 0 heterocycles. The number of hydrogen-bond acceptors (Lipinski definition) is 6. The summed E-state index contributed by atoms with van der Waals surface area (Å²) >= 11 is 0. The molecular formula is C68H120O6. The first-order valence-electron chi connectivity index (χ1n) is 31.9. The highest BCUT2D eigenvalue weighted by atomic mass is 16.6. The Morgan fingerprint density at radius 1 is 0.284 bits per heavy atom. The van der Waals surface area contributed by atoms with Gasteiger partial charge in [0.2, 0.25) is 0 Å². The first-order valence-corrected chi connectivity index (χ1v) is 31.9. The van der Waals surface area contributed by atoms with Crippen molar-refractivity contribution < 1.29 is 28.6 Å². The molecule has 0 amide bonds. The van der Waals surface area contributed by atoms with E-state index in [-0.39, 0.29) is 31.1 Å². The molecule has 74 heavy (non-hydrogen) atoms. The standard InChI is InChI=1S/C68H120O6/c1-4-7-10-13-16-18-20-22-24-26-27-28-29-30-31-32-33-34-35-36-37-38-39-40-41-43-44-46-48-50-52-55-58-61-67(70)73-64-65(63-72-66(69)60-57-54-15-12-9-6-3)74-68(71)62-59-56-53-51-49-47-45-42-25-23-21-19-17-14-11-8-5-2/h7,10,16-19,22-25,27-28,65H,4-6,8-9,11-15,20-21,26,29-64H2,1-3H3/b10-7-,18-16-,19-17-,24-22-,25-23-,28-27-. The molecule has 6 nitrogen and oxygen atoms in total. The number of ether oxygens (including phenoxy) is 3. The largest absolute Gasteiger partial charge is 0.462 e. The van der Waals surface area contributed by atoms with Crippen LogP contribution in [0, 0.1) is 0 Å². The molecule has 0 aliphatic rings. The third-order valence-corrected chi connectivity index (χ3v) is 13.9. The first kappa shape index (κ1) is 70.8. The number of esters is 3. The summed E-state index contributed by atoms with van der Waals surface area (Å²) in [7, 11) is 0. The Morgan fingerprint density at radius 3 is 0.851 bits per heavy atom. The zero-order valence-corrected chi connectivity index (χ0v) is 49.1. The van der Waals surface area contributed by atoms with Crippen molar-refractivity contribution in [1.82, 2.24) is 0 Å². The number of hydrogen-bond donors (Lipinski definition) is 0. The molecule has 0 aromatic carbocycles. The molecule has 1 atom stereocenters. The summed E-state index contributed by atoms with van der Waals surface area (Å²) in [5.74, 6) is -0.878. The zero-order chi connectivity index (χ0) is 53.6. The molecule has 0 aliphatic heterocycles. The maximum absolute atomic E-state index is 12.8. The van der Waals surface area contributed by atoms with E-state index in [9.17, 15) is 14.4 Å². The van der Waals surface area contributed by atoms with E-state index >= 15 is 0 Å². The van der Waals surface area contributed by atoms with Crippen LogP contribution in [0.15, 0.2) is 72.9 Å². The lowest BCUT2D eigenvalue weighted by atomic mass is 10.0. The molecule has 0 saturated heterocycles. The number of unbranched alkanes of at least 4 members (excludes halogenated alkanes) is 35. The van der Waals surface area contributed by atoms with E-state index in [2.05, 4.69) is 93.7 Å². The van der Waals surface area contributed by atoms with E-state index in [0.717, 1.165) is 96.3 Å². The van der Waals surface area contributed by atoms with Crippen LogP contribution in [-0.2, 0) is 28.6 Å². The Morgan fingerprint density at radius 2 is 0.527 bits per heavy atom. The highest BCUT2D eigenvalue weighted by Gasteiger charge is 2.19. The molecule has 0 spiro atoms. The van der Waals surface area contributed by atoms with Crippen LogP contribution in [-0.4, -0.2) is 37.2 Å². The Hall–Kier alpha value is -3.15. The maximum Gasteiger partial charge on any atom is 0.306 e. The number of carbonyl (C=O) groups excluding carboxylic acids is 3. The molecule has 0 aliphatic carbocycles. The van der Waals surface area contributed by atoms with Gasteiger partial charge < -0.3 is 14.2 Å². The van der Waals surface area contributed by atoms with Gasteiger partial charge in [-0.3, -0.25) is 14.4 Å². The van der Waals surface area contributed by atoms with Crippen molar-refractivity contribution in [2.24, 2.45) is 0 Å². The van der Waals surface area contributed by atoms with Gasteiger partial charge >= 0.3 is 17.9 Å². The van der Waals surface area contributed by atoms with Crippen LogP contribution in [0.25, 0.3) is 0 Å². The summed E-state index contributed by atoms with van der Waals surface area (Å²) in [5.41, 5.74) is 0. The predicted octanol–water partition coefficient (Wildman–Crippen LogP) is 21.7. The molecular weight excluding hydrogens is 913 g/mol. The van der Waals surface area contributed by atoms with Gasteiger partial charge in [0, 0.05) is 19.3 Å². The van der Waals surface area contributed by atoms with Crippen LogP contribution in [0.1, 0.15) is 323 Å². The predicted molar refractivity (Wildman–Crippen MR) is 321 cm³/mol. The molecule has 0 rings (SSSR count). The third-order valence-electron chi connectivity index (χ3n) is 13.9. The van der Waals surface area contributed by atoms with Gasteiger partial charge in [0.1, 0.15) is 13.2 Å². The second-order valence-corrected chi connectivity index (χ2v) is 21.3. The highest BCUT2D eigenvalue weighted by Crippen LogP contribution is 2.17. The highest BCUT2D eigenvalue weighted by molar-refractivity contribution is 5.71. The number of rotatable bonds is 58. The van der Waals surface area contributed by atoms with Crippen molar-refractivity contribution in [2.45, 2.75) is 329 Å². The normalized spacial score (nSPS) is 12.5. The summed E-state index contributed by atoms with van der Waals surface area (Å²) < 4.78 is 16.8. The van der Waals surface area contributed by atoms with Crippen molar-refractivity contribution in [2.75, 3.05) is 13.2 Å². The van der Waals surface area contributed by atoms with E-state index in [4.69, 9.17) is 14.2 Å². The third kappa shape index (κ3) is 59.7. The molecule has 0 radical (unpaired) electrons. The summed E-state index contributed by atoms with van der Waals surface area (Å²) in [6, 6.07) is 0. The average molecular weight is 1030 g/mol. The Labute approximate surface area is 459 Å². The van der Waals surface area contributed by atoms with Gasteiger partial charge in [0.05, 0.1) is 0 Å². The van der Waals surface area contributed by atoms with E-state index in [1.807, 2.05) is 0 Å². The minimum Gasteiger partial charge on any atom is -0.462 e. The minimum absolute atomic E-state index is 0.0743.